The normalized spacial score (nSPS) is 15.8. The van der Waals surface area contributed by atoms with Crippen LogP contribution in [0.2, 0.25) is 0 Å². The molecule has 3 N–H and O–H groups in total. The molecule has 122 valence electrons. The average molecular weight is 305 g/mol. The van der Waals surface area contributed by atoms with Gasteiger partial charge in [0, 0.05) is 12.6 Å². The van der Waals surface area contributed by atoms with Crippen molar-refractivity contribution in [2.75, 3.05) is 26.1 Å². The Morgan fingerprint density at radius 3 is 2.73 bits per heavy atom. The largest absolute Gasteiger partial charge is 0.497 e. The van der Waals surface area contributed by atoms with E-state index < -0.39 is 0 Å². The number of methoxy groups -OCH3 is 2. The van der Waals surface area contributed by atoms with Crippen LogP contribution in [0.15, 0.2) is 23.2 Å². The van der Waals surface area contributed by atoms with Crippen molar-refractivity contribution >= 4 is 11.6 Å². The lowest BCUT2D eigenvalue weighted by molar-refractivity contribution is 0.405. The highest BCUT2D eigenvalue weighted by atomic mass is 16.5. The van der Waals surface area contributed by atoms with E-state index in [1.165, 1.54) is 32.1 Å². The fourth-order valence-corrected chi connectivity index (χ4v) is 2.97. The van der Waals surface area contributed by atoms with Gasteiger partial charge >= 0.3 is 0 Å². The summed E-state index contributed by atoms with van der Waals surface area (Å²) >= 11 is 0. The molecule has 0 radical (unpaired) electrons. The van der Waals surface area contributed by atoms with Gasteiger partial charge in [-0.2, -0.15) is 0 Å². The van der Waals surface area contributed by atoms with Gasteiger partial charge in [0.15, 0.2) is 5.96 Å². The van der Waals surface area contributed by atoms with Crippen molar-refractivity contribution in [2.45, 2.75) is 38.5 Å². The van der Waals surface area contributed by atoms with E-state index in [-0.39, 0.29) is 0 Å². The third kappa shape index (κ3) is 4.83. The van der Waals surface area contributed by atoms with E-state index in [9.17, 15) is 0 Å². The molecule has 0 aliphatic heterocycles. The molecule has 0 amide bonds. The van der Waals surface area contributed by atoms with Crippen LogP contribution in [0.1, 0.15) is 38.5 Å². The van der Waals surface area contributed by atoms with E-state index >= 15 is 0 Å². The number of guanidine groups is 1. The second kappa shape index (κ2) is 8.51. The Morgan fingerprint density at radius 1 is 1.27 bits per heavy atom. The van der Waals surface area contributed by atoms with Crippen molar-refractivity contribution in [3.63, 3.8) is 0 Å². The minimum atomic E-state index is 0.415. The van der Waals surface area contributed by atoms with Crippen LogP contribution in [0.5, 0.6) is 11.5 Å². The van der Waals surface area contributed by atoms with E-state index in [1.54, 1.807) is 14.2 Å². The molecule has 1 fully saturated rings. The Bertz CT molecular complexity index is 497. The second-order valence-corrected chi connectivity index (χ2v) is 5.75. The zero-order valence-corrected chi connectivity index (χ0v) is 13.6. The molecule has 0 spiro atoms. The molecule has 0 atom stereocenters. The van der Waals surface area contributed by atoms with Crippen molar-refractivity contribution < 1.29 is 9.47 Å². The van der Waals surface area contributed by atoms with Crippen LogP contribution < -0.4 is 20.5 Å². The maximum absolute atomic E-state index is 5.96. The lowest BCUT2D eigenvalue weighted by Gasteiger charge is -2.12. The van der Waals surface area contributed by atoms with E-state index in [0.29, 0.717) is 11.7 Å². The molecule has 1 aliphatic carbocycles. The molecule has 0 saturated heterocycles. The Morgan fingerprint density at radius 2 is 2.05 bits per heavy atom. The predicted molar refractivity (Wildman–Crippen MR) is 90.9 cm³/mol. The summed E-state index contributed by atoms with van der Waals surface area (Å²) in [5, 5.41) is 3.09. The molecule has 5 heteroatoms. The van der Waals surface area contributed by atoms with Crippen molar-refractivity contribution in [3.05, 3.63) is 18.2 Å². The summed E-state index contributed by atoms with van der Waals surface area (Å²) in [7, 11) is 3.26. The Kier molecular flexibility index (Phi) is 6.37. The highest BCUT2D eigenvalue weighted by Crippen LogP contribution is 2.29. The lowest BCUT2D eigenvalue weighted by atomic mass is 10.0. The van der Waals surface area contributed by atoms with E-state index in [2.05, 4.69) is 10.3 Å². The van der Waals surface area contributed by atoms with Gasteiger partial charge < -0.3 is 20.5 Å². The van der Waals surface area contributed by atoms with Crippen LogP contribution >= 0.6 is 0 Å². The van der Waals surface area contributed by atoms with Gasteiger partial charge in [-0.05, 0) is 30.9 Å². The van der Waals surface area contributed by atoms with Gasteiger partial charge in [-0.25, -0.2) is 0 Å². The molecule has 1 aromatic carbocycles. The summed E-state index contributed by atoms with van der Waals surface area (Å²) < 4.78 is 10.5. The smallest absolute Gasteiger partial charge is 0.193 e. The van der Waals surface area contributed by atoms with Crippen molar-refractivity contribution in [3.8, 4) is 11.5 Å². The zero-order valence-electron chi connectivity index (χ0n) is 13.6. The lowest BCUT2D eigenvalue weighted by Crippen LogP contribution is -2.23. The summed E-state index contributed by atoms with van der Waals surface area (Å²) in [6.45, 7) is 0.765. The SMILES string of the molecule is COc1ccc(OC)c(NC(N)=NCCCC2CCCC2)c1. The third-order valence-electron chi connectivity index (χ3n) is 4.20. The van der Waals surface area contributed by atoms with Crippen molar-refractivity contribution in [2.24, 2.45) is 16.6 Å². The van der Waals surface area contributed by atoms with Gasteiger partial charge in [-0.15, -0.1) is 0 Å². The maximum Gasteiger partial charge on any atom is 0.193 e. The molecule has 1 aliphatic rings. The molecule has 0 bridgehead atoms. The molecule has 5 nitrogen and oxygen atoms in total. The van der Waals surface area contributed by atoms with Gasteiger partial charge in [0.25, 0.3) is 0 Å². The zero-order chi connectivity index (χ0) is 15.8. The van der Waals surface area contributed by atoms with Crippen LogP contribution in [0, 0.1) is 5.92 Å². The molecular formula is C17H27N3O2. The molecule has 1 saturated carbocycles. The summed E-state index contributed by atoms with van der Waals surface area (Å²) in [4.78, 5) is 4.40. The molecular weight excluding hydrogens is 278 g/mol. The highest BCUT2D eigenvalue weighted by Gasteiger charge is 2.13. The topological polar surface area (TPSA) is 68.9 Å². The Balaban J connectivity index is 1.84. The quantitative estimate of drug-likeness (QED) is 0.460. The highest BCUT2D eigenvalue weighted by molar-refractivity contribution is 5.93. The number of ether oxygens (including phenoxy) is 2. The number of nitrogens with two attached hydrogens (primary N) is 1. The van der Waals surface area contributed by atoms with Gasteiger partial charge in [0.1, 0.15) is 11.5 Å². The minimum Gasteiger partial charge on any atom is -0.497 e. The van der Waals surface area contributed by atoms with E-state index in [1.807, 2.05) is 18.2 Å². The summed E-state index contributed by atoms with van der Waals surface area (Å²) in [5.74, 6) is 2.78. The summed E-state index contributed by atoms with van der Waals surface area (Å²) in [5.41, 5.74) is 6.72. The molecule has 1 aromatic rings. The van der Waals surface area contributed by atoms with Crippen LogP contribution in [0.4, 0.5) is 5.69 Å². The van der Waals surface area contributed by atoms with Gasteiger partial charge in [-0.1, -0.05) is 25.7 Å². The third-order valence-corrected chi connectivity index (χ3v) is 4.20. The van der Waals surface area contributed by atoms with Crippen molar-refractivity contribution in [1.82, 2.24) is 0 Å². The maximum atomic E-state index is 5.96. The van der Waals surface area contributed by atoms with E-state index in [4.69, 9.17) is 15.2 Å². The first kappa shape index (κ1) is 16.5. The van der Waals surface area contributed by atoms with Gasteiger partial charge in [0.2, 0.25) is 0 Å². The predicted octanol–water partition coefficient (Wildman–Crippen LogP) is 3.40. The molecule has 0 aromatic heterocycles. The standard InChI is InChI=1S/C17H27N3O2/c1-21-14-9-10-16(22-2)15(12-14)20-17(18)19-11-5-8-13-6-3-4-7-13/h9-10,12-13H,3-8,11H2,1-2H3,(H3,18,19,20). The van der Waals surface area contributed by atoms with Gasteiger partial charge in [-0.3, -0.25) is 4.99 Å². The van der Waals surface area contributed by atoms with Crippen LogP contribution in [0.3, 0.4) is 0 Å². The monoisotopic (exact) mass is 305 g/mol. The minimum absolute atomic E-state index is 0.415. The first-order chi connectivity index (χ1) is 10.7. The van der Waals surface area contributed by atoms with Gasteiger partial charge in [0.05, 0.1) is 19.9 Å². The first-order valence-electron chi connectivity index (χ1n) is 8.02. The van der Waals surface area contributed by atoms with E-state index in [0.717, 1.165) is 30.3 Å². The first-order valence-corrected chi connectivity index (χ1v) is 8.02. The number of aliphatic imine (C=N–C) groups is 1. The number of nitrogens with zero attached hydrogens (tertiary/aromatic N) is 1. The molecule has 0 unspecified atom stereocenters. The number of anilines is 1. The molecule has 0 heterocycles. The fraction of sp³-hybridized carbons (Fsp3) is 0.588. The molecule has 22 heavy (non-hydrogen) atoms. The van der Waals surface area contributed by atoms with Crippen LogP contribution in [-0.4, -0.2) is 26.7 Å². The number of nitrogens with one attached hydrogen (secondary N) is 1. The number of hydrogen-bond acceptors (Lipinski definition) is 3. The average Bonchev–Trinajstić information content (AvgIpc) is 3.05. The van der Waals surface area contributed by atoms with Crippen molar-refractivity contribution in [1.29, 1.82) is 0 Å². The Labute approximate surface area is 132 Å². The number of benzene rings is 1. The Hall–Kier alpha value is -1.91. The molecule has 2 rings (SSSR count). The summed E-state index contributed by atoms with van der Waals surface area (Å²) in [6, 6.07) is 5.53. The summed E-state index contributed by atoms with van der Waals surface area (Å²) in [6.07, 6.45) is 7.93. The van der Waals surface area contributed by atoms with Crippen LogP contribution in [0.25, 0.3) is 0 Å². The second-order valence-electron chi connectivity index (χ2n) is 5.75. The number of hydrogen-bond donors (Lipinski definition) is 2. The number of rotatable bonds is 7. The fourth-order valence-electron chi connectivity index (χ4n) is 2.97. The van der Waals surface area contributed by atoms with Crippen LogP contribution in [-0.2, 0) is 0 Å².